The van der Waals surface area contributed by atoms with Crippen molar-refractivity contribution >= 4 is 21.5 Å². The third-order valence-corrected chi connectivity index (χ3v) is 4.41. The molecule has 2 rings (SSSR count). The van der Waals surface area contributed by atoms with Crippen molar-refractivity contribution in [2.24, 2.45) is 0 Å². The van der Waals surface area contributed by atoms with Crippen LogP contribution >= 0.6 is 0 Å². The van der Waals surface area contributed by atoms with E-state index in [-0.39, 0.29) is 4.90 Å². The fraction of sp³-hybridized carbons (Fsp3) is 0.333. The van der Waals surface area contributed by atoms with Crippen molar-refractivity contribution in [2.75, 3.05) is 23.7 Å². The molecule has 2 N–H and O–H groups in total. The quantitative estimate of drug-likeness (QED) is 0.887. The lowest BCUT2D eigenvalue weighted by molar-refractivity contribution is 0.600. The Hall–Kier alpha value is -2.09. The summed E-state index contributed by atoms with van der Waals surface area (Å²) in [5.41, 5.74) is 1.37. The smallest absolute Gasteiger partial charge is 0.265 e. The van der Waals surface area contributed by atoms with Crippen LogP contribution in [0.1, 0.15) is 11.4 Å². The van der Waals surface area contributed by atoms with Crippen molar-refractivity contribution in [1.29, 1.82) is 0 Å². The maximum atomic E-state index is 12.5. The molecule has 0 aliphatic rings. The van der Waals surface area contributed by atoms with Crippen LogP contribution in [0.25, 0.3) is 0 Å². The molecule has 7 nitrogen and oxygen atoms in total. The van der Waals surface area contributed by atoms with Gasteiger partial charge in [0.15, 0.2) is 5.82 Å². The Morgan fingerprint density at radius 1 is 1.30 bits per heavy atom. The molecule has 0 aliphatic carbocycles. The lowest BCUT2D eigenvalue weighted by Gasteiger charge is -2.17. The van der Waals surface area contributed by atoms with E-state index in [9.17, 15) is 8.42 Å². The predicted octanol–water partition coefficient (Wildman–Crippen LogP) is 1.29. The SMILES string of the molecule is Cc1n[nH]c(C)c1S(=O)(=O)Nc1cccnc1N(C)C. The largest absolute Gasteiger partial charge is 0.361 e. The fourth-order valence-corrected chi connectivity index (χ4v) is 3.40. The highest BCUT2D eigenvalue weighted by Gasteiger charge is 2.23. The molecule has 0 spiro atoms. The van der Waals surface area contributed by atoms with Gasteiger partial charge < -0.3 is 4.90 Å². The number of pyridine rings is 1. The Labute approximate surface area is 118 Å². The molecule has 0 aliphatic heterocycles. The molecular weight excluding hydrogens is 278 g/mol. The second-order valence-corrected chi connectivity index (χ2v) is 6.26. The molecule has 8 heteroatoms. The summed E-state index contributed by atoms with van der Waals surface area (Å²) in [6, 6.07) is 3.35. The van der Waals surface area contributed by atoms with Crippen LogP contribution in [0, 0.1) is 13.8 Å². The maximum absolute atomic E-state index is 12.5. The van der Waals surface area contributed by atoms with Crippen molar-refractivity contribution in [3.8, 4) is 0 Å². The van der Waals surface area contributed by atoms with E-state index in [1.165, 1.54) is 0 Å². The summed E-state index contributed by atoms with van der Waals surface area (Å²) in [4.78, 5) is 6.08. The summed E-state index contributed by atoms with van der Waals surface area (Å²) in [7, 11) is -0.0976. The monoisotopic (exact) mass is 295 g/mol. The molecule has 2 heterocycles. The number of nitrogens with one attached hydrogen (secondary N) is 2. The lowest BCUT2D eigenvalue weighted by atomic mass is 10.4. The van der Waals surface area contributed by atoms with Crippen LogP contribution in [-0.4, -0.2) is 37.7 Å². The minimum absolute atomic E-state index is 0.172. The molecule has 2 aromatic rings. The Kier molecular flexibility index (Phi) is 3.67. The van der Waals surface area contributed by atoms with Crippen LogP contribution in [0.4, 0.5) is 11.5 Å². The van der Waals surface area contributed by atoms with Crippen LogP contribution in [0.2, 0.25) is 0 Å². The van der Waals surface area contributed by atoms with E-state index in [0.29, 0.717) is 22.9 Å². The average molecular weight is 295 g/mol. The molecule has 0 radical (unpaired) electrons. The zero-order valence-corrected chi connectivity index (χ0v) is 12.6. The van der Waals surface area contributed by atoms with E-state index < -0.39 is 10.0 Å². The fourth-order valence-electron chi connectivity index (χ4n) is 1.97. The molecule has 0 aromatic carbocycles. The van der Waals surface area contributed by atoms with E-state index in [0.717, 1.165) is 0 Å². The van der Waals surface area contributed by atoms with Crippen molar-refractivity contribution in [2.45, 2.75) is 18.7 Å². The summed E-state index contributed by atoms with van der Waals surface area (Å²) < 4.78 is 27.5. The van der Waals surface area contributed by atoms with Gasteiger partial charge in [-0.1, -0.05) is 0 Å². The summed E-state index contributed by atoms with van der Waals surface area (Å²) >= 11 is 0. The van der Waals surface area contributed by atoms with Crippen LogP contribution in [0.15, 0.2) is 23.2 Å². The highest BCUT2D eigenvalue weighted by atomic mass is 32.2. The van der Waals surface area contributed by atoms with Crippen molar-refractivity contribution in [3.63, 3.8) is 0 Å². The van der Waals surface area contributed by atoms with Crippen molar-refractivity contribution in [1.82, 2.24) is 15.2 Å². The van der Waals surface area contributed by atoms with Gasteiger partial charge >= 0.3 is 0 Å². The van der Waals surface area contributed by atoms with Gasteiger partial charge in [-0.15, -0.1) is 0 Å². The number of nitrogens with zero attached hydrogens (tertiary/aromatic N) is 3. The third-order valence-electron chi connectivity index (χ3n) is 2.78. The predicted molar refractivity (Wildman–Crippen MR) is 77.4 cm³/mol. The number of aromatic amines is 1. The number of aromatic nitrogens is 3. The van der Waals surface area contributed by atoms with Crippen molar-refractivity contribution < 1.29 is 8.42 Å². The third kappa shape index (κ3) is 2.60. The van der Waals surface area contributed by atoms with E-state index in [1.54, 1.807) is 51.2 Å². The Morgan fingerprint density at radius 3 is 2.55 bits per heavy atom. The number of sulfonamides is 1. The zero-order valence-electron chi connectivity index (χ0n) is 11.8. The van der Waals surface area contributed by atoms with Gasteiger partial charge in [-0.25, -0.2) is 13.4 Å². The lowest BCUT2D eigenvalue weighted by Crippen LogP contribution is -2.19. The summed E-state index contributed by atoms with van der Waals surface area (Å²) in [6.07, 6.45) is 1.61. The summed E-state index contributed by atoms with van der Waals surface area (Å²) in [5, 5.41) is 6.58. The van der Waals surface area contributed by atoms with Gasteiger partial charge in [0.2, 0.25) is 0 Å². The average Bonchev–Trinajstić information content (AvgIpc) is 2.69. The van der Waals surface area contributed by atoms with Gasteiger partial charge in [0.05, 0.1) is 17.1 Å². The molecule has 0 fully saturated rings. The number of hydrogen-bond acceptors (Lipinski definition) is 5. The molecule has 0 unspecified atom stereocenters. The highest BCUT2D eigenvalue weighted by molar-refractivity contribution is 7.92. The first kappa shape index (κ1) is 14.3. The van der Waals surface area contributed by atoms with Gasteiger partial charge in [0, 0.05) is 20.3 Å². The minimum Gasteiger partial charge on any atom is -0.361 e. The first-order valence-electron chi connectivity index (χ1n) is 5.99. The Bertz CT molecular complexity index is 702. The van der Waals surface area contributed by atoms with Gasteiger partial charge in [-0.3, -0.25) is 9.82 Å². The first-order valence-corrected chi connectivity index (χ1v) is 7.48. The maximum Gasteiger partial charge on any atom is 0.265 e. The molecule has 2 aromatic heterocycles. The van der Waals surface area contributed by atoms with Gasteiger partial charge in [-0.05, 0) is 26.0 Å². The van der Waals surface area contributed by atoms with Crippen molar-refractivity contribution in [3.05, 3.63) is 29.7 Å². The number of H-pyrrole nitrogens is 1. The zero-order chi connectivity index (χ0) is 14.9. The van der Waals surface area contributed by atoms with Crippen LogP contribution in [-0.2, 0) is 10.0 Å². The second-order valence-electron chi connectivity index (χ2n) is 4.64. The van der Waals surface area contributed by atoms with Crippen LogP contribution < -0.4 is 9.62 Å². The van der Waals surface area contributed by atoms with E-state index in [4.69, 9.17) is 0 Å². The highest BCUT2D eigenvalue weighted by Crippen LogP contribution is 2.25. The second kappa shape index (κ2) is 5.12. The first-order chi connectivity index (χ1) is 9.33. The molecule has 0 atom stereocenters. The normalized spacial score (nSPS) is 11.4. The molecule has 0 bridgehead atoms. The van der Waals surface area contributed by atoms with Crippen LogP contribution in [0.3, 0.4) is 0 Å². The standard InChI is InChI=1S/C12H17N5O2S/c1-8-11(9(2)15-14-8)20(18,19)16-10-6-5-7-13-12(10)17(3)4/h5-7,16H,1-4H3,(H,14,15). The number of aryl methyl sites for hydroxylation is 2. The molecule has 20 heavy (non-hydrogen) atoms. The number of hydrogen-bond donors (Lipinski definition) is 2. The minimum atomic E-state index is -3.70. The van der Waals surface area contributed by atoms with Gasteiger partial charge in [0.1, 0.15) is 4.90 Å². The Morgan fingerprint density at radius 2 is 2.00 bits per heavy atom. The topological polar surface area (TPSA) is 91.0 Å². The summed E-state index contributed by atoms with van der Waals surface area (Å²) in [5.74, 6) is 0.551. The molecule has 0 saturated heterocycles. The van der Waals surface area contributed by atoms with Crippen LogP contribution in [0.5, 0.6) is 0 Å². The Balaban J connectivity index is 2.45. The van der Waals surface area contributed by atoms with Gasteiger partial charge in [-0.2, -0.15) is 5.10 Å². The molecule has 108 valence electrons. The van der Waals surface area contributed by atoms with E-state index in [1.807, 2.05) is 0 Å². The van der Waals surface area contributed by atoms with E-state index >= 15 is 0 Å². The summed E-state index contributed by atoms with van der Waals surface area (Å²) in [6.45, 7) is 3.32. The molecule has 0 saturated carbocycles. The number of rotatable bonds is 4. The molecule has 0 amide bonds. The van der Waals surface area contributed by atoms with Gasteiger partial charge in [0.25, 0.3) is 10.0 Å². The number of anilines is 2. The molecular formula is C12H17N5O2S. The van der Waals surface area contributed by atoms with E-state index in [2.05, 4.69) is 19.9 Å².